The van der Waals surface area contributed by atoms with E-state index in [9.17, 15) is 17.6 Å². The van der Waals surface area contributed by atoms with E-state index in [0.29, 0.717) is 33.8 Å². The first kappa shape index (κ1) is 25.6. The summed E-state index contributed by atoms with van der Waals surface area (Å²) in [5.74, 6) is -0.808. The average molecular weight is 566 g/mol. The predicted octanol–water partition coefficient (Wildman–Crippen LogP) is 5.22. The molecule has 3 aromatic rings. The molecule has 0 aliphatic rings. The van der Waals surface area contributed by atoms with Crippen molar-refractivity contribution < 1.29 is 22.3 Å². The summed E-state index contributed by atoms with van der Waals surface area (Å²) in [4.78, 5) is 12.3. The molecule has 0 saturated heterocycles. The Morgan fingerprint density at radius 2 is 1.85 bits per heavy atom. The van der Waals surface area contributed by atoms with Crippen LogP contribution in [0.2, 0.25) is 0 Å². The number of anilines is 2. The highest BCUT2D eigenvalue weighted by Gasteiger charge is 2.18. The van der Waals surface area contributed by atoms with Crippen LogP contribution in [0.5, 0.6) is 5.75 Å². The van der Waals surface area contributed by atoms with Crippen molar-refractivity contribution in [1.29, 1.82) is 0 Å². The Hall–Kier alpha value is -3.02. The van der Waals surface area contributed by atoms with E-state index in [1.54, 1.807) is 31.2 Å². The Bertz CT molecular complexity index is 1350. The van der Waals surface area contributed by atoms with Crippen LogP contribution in [0, 0.1) is 12.7 Å². The second kappa shape index (κ2) is 10.9. The van der Waals surface area contributed by atoms with Crippen LogP contribution < -0.4 is 20.1 Å². The third-order valence-corrected chi connectivity index (χ3v) is 6.80. The van der Waals surface area contributed by atoms with Crippen LogP contribution in [-0.4, -0.2) is 26.0 Å². The summed E-state index contributed by atoms with van der Waals surface area (Å²) in [6.07, 6.45) is 0. The second-order valence-electron chi connectivity index (χ2n) is 7.05. The Morgan fingerprint density at radius 3 is 2.53 bits per heavy atom. The number of hydrogen-bond acceptors (Lipinski definition) is 5. The van der Waals surface area contributed by atoms with E-state index in [4.69, 9.17) is 17.0 Å². The molecule has 0 saturated carbocycles. The van der Waals surface area contributed by atoms with E-state index in [1.165, 1.54) is 36.4 Å². The molecule has 3 rings (SSSR count). The molecule has 0 radical (unpaired) electrons. The topological polar surface area (TPSA) is 96.5 Å². The number of ether oxygens (including phenoxy) is 1. The molecule has 0 heterocycles. The van der Waals surface area contributed by atoms with Crippen molar-refractivity contribution in [2.24, 2.45) is 0 Å². The number of halogens is 2. The molecular weight excluding hydrogens is 545 g/mol. The second-order valence-corrected chi connectivity index (χ2v) is 9.99. The zero-order valence-corrected chi connectivity index (χ0v) is 21.4. The van der Waals surface area contributed by atoms with Crippen molar-refractivity contribution in [3.63, 3.8) is 0 Å². The molecule has 3 aromatic carbocycles. The zero-order chi connectivity index (χ0) is 24.9. The van der Waals surface area contributed by atoms with Crippen LogP contribution in [0.15, 0.2) is 70.0 Å². The standard InChI is InChI=1S/C23H21BrFN3O4S2/c1-3-32-21-11-9-15(12-18(21)24)28-34(30,31)16-10-8-14(2)20(13-16)26-23(33)27-22(29)17-6-4-5-7-19(17)25/h4-13,28H,3H2,1-2H3,(H2,26,27,29,33). The molecule has 11 heteroatoms. The normalized spacial score (nSPS) is 10.9. The molecule has 0 aliphatic carbocycles. The summed E-state index contributed by atoms with van der Waals surface area (Å²) in [6, 6.07) is 14.8. The monoisotopic (exact) mass is 565 g/mol. The first-order valence-corrected chi connectivity index (χ1v) is 12.7. The molecule has 0 aromatic heterocycles. The van der Waals surface area contributed by atoms with Gasteiger partial charge < -0.3 is 10.1 Å². The van der Waals surface area contributed by atoms with Crippen LogP contribution in [0.3, 0.4) is 0 Å². The number of thiocarbonyl (C=S) groups is 1. The molecule has 34 heavy (non-hydrogen) atoms. The Labute approximate surface area is 210 Å². The van der Waals surface area contributed by atoms with Crippen LogP contribution in [0.25, 0.3) is 0 Å². The van der Waals surface area contributed by atoms with E-state index in [0.717, 1.165) is 0 Å². The molecule has 0 bridgehead atoms. The fourth-order valence-corrected chi connectivity index (χ4v) is 4.69. The lowest BCUT2D eigenvalue weighted by molar-refractivity contribution is 0.0974. The van der Waals surface area contributed by atoms with Crippen molar-refractivity contribution in [2.45, 2.75) is 18.7 Å². The fourth-order valence-electron chi connectivity index (χ4n) is 2.92. The van der Waals surface area contributed by atoms with E-state index < -0.39 is 21.7 Å². The van der Waals surface area contributed by atoms with Crippen LogP contribution in [0.4, 0.5) is 15.8 Å². The minimum absolute atomic E-state index is 0.0196. The van der Waals surface area contributed by atoms with Crippen LogP contribution in [-0.2, 0) is 10.0 Å². The lowest BCUT2D eigenvalue weighted by atomic mass is 10.2. The third-order valence-electron chi connectivity index (χ3n) is 4.60. The summed E-state index contributed by atoms with van der Waals surface area (Å²) in [5.41, 5.74) is 1.24. The number of hydrogen-bond donors (Lipinski definition) is 3. The van der Waals surface area contributed by atoms with Gasteiger partial charge in [-0.05, 0) is 90.0 Å². The molecule has 0 aliphatic heterocycles. The van der Waals surface area contributed by atoms with E-state index in [2.05, 4.69) is 31.3 Å². The number of rotatable bonds is 7. The maximum atomic E-state index is 13.8. The average Bonchev–Trinajstić information content (AvgIpc) is 2.77. The summed E-state index contributed by atoms with van der Waals surface area (Å²) in [6.45, 7) is 4.07. The van der Waals surface area contributed by atoms with Crippen LogP contribution >= 0.6 is 28.1 Å². The molecule has 0 atom stereocenters. The van der Waals surface area contributed by atoms with E-state index in [1.807, 2.05) is 6.92 Å². The molecule has 1 amide bonds. The maximum Gasteiger partial charge on any atom is 0.261 e. The molecule has 0 unspecified atom stereocenters. The van der Waals surface area contributed by atoms with Gasteiger partial charge in [0.2, 0.25) is 0 Å². The Balaban J connectivity index is 1.76. The lowest BCUT2D eigenvalue weighted by Crippen LogP contribution is -2.34. The predicted molar refractivity (Wildman–Crippen MR) is 137 cm³/mol. The molecule has 0 fully saturated rings. The van der Waals surface area contributed by atoms with Gasteiger partial charge in [-0.25, -0.2) is 12.8 Å². The molecule has 0 spiro atoms. The van der Waals surface area contributed by atoms with E-state index in [-0.39, 0.29) is 15.6 Å². The quantitative estimate of drug-likeness (QED) is 0.340. The molecule has 3 N–H and O–H groups in total. The number of amides is 1. The van der Waals surface area contributed by atoms with Crippen molar-refractivity contribution in [3.8, 4) is 5.75 Å². The summed E-state index contributed by atoms with van der Waals surface area (Å²) < 4.78 is 48.3. The highest BCUT2D eigenvalue weighted by atomic mass is 79.9. The lowest BCUT2D eigenvalue weighted by Gasteiger charge is -2.15. The van der Waals surface area contributed by atoms with Gasteiger partial charge in [0.15, 0.2) is 5.11 Å². The van der Waals surface area contributed by atoms with Gasteiger partial charge in [-0.15, -0.1) is 0 Å². The number of nitrogens with one attached hydrogen (secondary N) is 3. The van der Waals surface area contributed by atoms with Crippen molar-refractivity contribution >= 4 is 60.6 Å². The maximum absolute atomic E-state index is 13.8. The molecule has 7 nitrogen and oxygen atoms in total. The Kier molecular flexibility index (Phi) is 8.24. The van der Waals surface area contributed by atoms with Crippen molar-refractivity contribution in [1.82, 2.24) is 5.32 Å². The fraction of sp³-hybridized carbons (Fsp3) is 0.130. The molecular formula is C23H21BrFN3O4S2. The van der Waals surface area contributed by atoms with E-state index >= 15 is 0 Å². The zero-order valence-electron chi connectivity index (χ0n) is 18.2. The summed E-state index contributed by atoms with van der Waals surface area (Å²) in [7, 11) is -3.93. The highest BCUT2D eigenvalue weighted by Crippen LogP contribution is 2.30. The number of benzene rings is 3. The minimum atomic E-state index is -3.93. The minimum Gasteiger partial charge on any atom is -0.493 e. The van der Waals surface area contributed by atoms with Gasteiger partial charge in [0.05, 0.1) is 27.2 Å². The van der Waals surface area contributed by atoms with Gasteiger partial charge in [-0.3, -0.25) is 14.8 Å². The smallest absolute Gasteiger partial charge is 0.261 e. The first-order chi connectivity index (χ1) is 16.1. The number of sulfonamides is 1. The Morgan fingerprint density at radius 1 is 1.12 bits per heavy atom. The van der Waals surface area contributed by atoms with Gasteiger partial charge in [-0.2, -0.15) is 0 Å². The van der Waals surface area contributed by atoms with Gasteiger partial charge >= 0.3 is 0 Å². The van der Waals surface area contributed by atoms with Crippen molar-refractivity contribution in [2.75, 3.05) is 16.6 Å². The summed E-state index contributed by atoms with van der Waals surface area (Å²) >= 11 is 8.52. The third kappa shape index (κ3) is 6.31. The van der Waals surface area contributed by atoms with Gasteiger partial charge in [-0.1, -0.05) is 18.2 Å². The largest absolute Gasteiger partial charge is 0.493 e. The van der Waals surface area contributed by atoms with Gasteiger partial charge in [0.1, 0.15) is 11.6 Å². The first-order valence-electron chi connectivity index (χ1n) is 10.0. The SMILES string of the molecule is CCOc1ccc(NS(=O)(=O)c2ccc(C)c(NC(=S)NC(=O)c3ccccc3F)c2)cc1Br. The number of aryl methyl sites for hydroxylation is 1. The van der Waals surface area contributed by atoms with Gasteiger partial charge in [0.25, 0.3) is 15.9 Å². The summed E-state index contributed by atoms with van der Waals surface area (Å²) in [5, 5.41) is 5.09. The van der Waals surface area contributed by atoms with Crippen molar-refractivity contribution in [3.05, 3.63) is 82.1 Å². The van der Waals surface area contributed by atoms with Gasteiger partial charge in [0, 0.05) is 5.69 Å². The molecule has 178 valence electrons. The van der Waals surface area contributed by atoms with Crippen LogP contribution in [0.1, 0.15) is 22.8 Å². The highest BCUT2D eigenvalue weighted by molar-refractivity contribution is 9.10. The number of carbonyl (C=O) groups excluding carboxylic acids is 1. The number of carbonyl (C=O) groups is 1.